The molecule has 1 aromatic carbocycles. The van der Waals surface area contributed by atoms with Crippen LogP contribution in [0.3, 0.4) is 0 Å². The Morgan fingerprint density at radius 3 is 2.76 bits per heavy atom. The van der Waals surface area contributed by atoms with Gasteiger partial charge in [0.2, 0.25) is 0 Å². The van der Waals surface area contributed by atoms with Crippen LogP contribution in [0.5, 0.6) is 0 Å². The lowest BCUT2D eigenvalue weighted by atomic mass is 10.1. The van der Waals surface area contributed by atoms with Gasteiger partial charge in [-0.1, -0.05) is 22.0 Å². The number of rotatable bonds is 11. The van der Waals surface area contributed by atoms with Crippen molar-refractivity contribution in [1.29, 1.82) is 0 Å². The Kier molecular flexibility index (Phi) is 9.25. The summed E-state index contributed by atoms with van der Waals surface area (Å²) >= 11 is 3.40. The van der Waals surface area contributed by atoms with Gasteiger partial charge in [0.05, 0.1) is 18.8 Å². The lowest BCUT2D eigenvalue weighted by Gasteiger charge is -2.08. The van der Waals surface area contributed by atoms with Crippen molar-refractivity contribution in [1.82, 2.24) is 5.32 Å². The van der Waals surface area contributed by atoms with Crippen molar-refractivity contribution in [3.8, 4) is 0 Å². The first-order valence-electron chi connectivity index (χ1n) is 6.94. The van der Waals surface area contributed by atoms with Crippen molar-refractivity contribution in [2.24, 2.45) is 0 Å². The van der Waals surface area contributed by atoms with Crippen LogP contribution in [-0.2, 0) is 16.0 Å². The summed E-state index contributed by atoms with van der Waals surface area (Å²) in [4.78, 5) is 10.8. The number of nitrogens with one attached hydrogen (secondary N) is 1. The van der Waals surface area contributed by atoms with E-state index in [-0.39, 0.29) is 0 Å². The fourth-order valence-electron chi connectivity index (χ4n) is 1.75. The molecule has 1 rings (SSSR count). The number of hydrogen-bond acceptors (Lipinski definition) is 4. The summed E-state index contributed by atoms with van der Waals surface area (Å²) in [5.41, 5.74) is 1.34. The molecule has 0 radical (unpaired) electrons. The van der Waals surface area contributed by atoms with Crippen molar-refractivity contribution in [2.75, 3.05) is 33.5 Å². The van der Waals surface area contributed by atoms with Crippen molar-refractivity contribution in [3.05, 3.63) is 33.8 Å². The molecule has 0 atom stereocenters. The predicted molar refractivity (Wildman–Crippen MR) is 84.7 cm³/mol. The highest BCUT2D eigenvalue weighted by Gasteiger charge is 2.06. The number of methoxy groups -OCH3 is 1. The molecule has 6 heteroatoms. The van der Waals surface area contributed by atoms with Crippen LogP contribution in [0.4, 0.5) is 0 Å². The Balaban J connectivity index is 2.14. The van der Waals surface area contributed by atoms with E-state index in [1.165, 1.54) is 0 Å². The molecule has 0 heterocycles. The van der Waals surface area contributed by atoms with Gasteiger partial charge in [0.25, 0.3) is 0 Å². The Hall–Kier alpha value is -0.950. The number of unbranched alkanes of at least 4 members (excludes halogenated alkanes) is 1. The Morgan fingerprint density at radius 2 is 2.10 bits per heavy atom. The van der Waals surface area contributed by atoms with E-state index < -0.39 is 5.97 Å². The van der Waals surface area contributed by atoms with Crippen LogP contribution >= 0.6 is 15.9 Å². The van der Waals surface area contributed by atoms with Gasteiger partial charge in [-0.2, -0.15) is 0 Å². The van der Waals surface area contributed by atoms with Crippen LogP contribution in [0.1, 0.15) is 28.8 Å². The molecule has 0 saturated heterocycles. The third-order valence-electron chi connectivity index (χ3n) is 2.94. The van der Waals surface area contributed by atoms with E-state index in [0.717, 1.165) is 36.0 Å². The topological polar surface area (TPSA) is 67.8 Å². The molecule has 0 aliphatic carbocycles. The van der Waals surface area contributed by atoms with E-state index >= 15 is 0 Å². The van der Waals surface area contributed by atoms with E-state index in [1.807, 2.05) is 6.07 Å². The van der Waals surface area contributed by atoms with E-state index in [9.17, 15) is 4.79 Å². The SMILES string of the molecule is COCCOCCCCNCc1ccc(C(=O)O)cc1Br. The molecule has 21 heavy (non-hydrogen) atoms. The molecular weight excluding hydrogens is 338 g/mol. The van der Waals surface area contributed by atoms with Crippen LogP contribution in [0, 0.1) is 0 Å². The number of carboxylic acids is 1. The van der Waals surface area contributed by atoms with Gasteiger partial charge in [-0.3, -0.25) is 0 Å². The van der Waals surface area contributed by atoms with Gasteiger partial charge in [0.1, 0.15) is 0 Å². The second-order valence-corrected chi connectivity index (χ2v) is 5.45. The molecule has 0 aliphatic rings. The van der Waals surface area contributed by atoms with Crippen LogP contribution in [0.25, 0.3) is 0 Å². The van der Waals surface area contributed by atoms with E-state index in [2.05, 4.69) is 21.2 Å². The number of carbonyl (C=O) groups is 1. The first-order valence-corrected chi connectivity index (χ1v) is 7.73. The number of carboxylic acid groups (broad SMARTS) is 1. The minimum absolute atomic E-state index is 0.291. The average molecular weight is 360 g/mol. The maximum absolute atomic E-state index is 10.8. The molecule has 0 bridgehead atoms. The van der Waals surface area contributed by atoms with E-state index in [4.69, 9.17) is 14.6 Å². The molecule has 0 saturated carbocycles. The highest BCUT2D eigenvalue weighted by atomic mass is 79.9. The third-order valence-corrected chi connectivity index (χ3v) is 3.68. The minimum Gasteiger partial charge on any atom is -0.478 e. The van der Waals surface area contributed by atoms with Crippen LogP contribution in [-0.4, -0.2) is 44.6 Å². The number of halogens is 1. The fraction of sp³-hybridized carbons (Fsp3) is 0.533. The van der Waals surface area contributed by atoms with Crippen molar-refractivity contribution in [3.63, 3.8) is 0 Å². The first kappa shape index (κ1) is 18.1. The van der Waals surface area contributed by atoms with Gasteiger partial charge < -0.3 is 19.9 Å². The summed E-state index contributed by atoms with van der Waals surface area (Å²) < 4.78 is 11.1. The number of benzene rings is 1. The molecule has 5 nitrogen and oxygen atoms in total. The standard InChI is InChI=1S/C15H22BrNO4/c1-20-8-9-21-7-3-2-6-17-11-13-5-4-12(15(18)19)10-14(13)16/h4-5,10,17H,2-3,6-9,11H2,1H3,(H,18,19). The molecule has 0 fully saturated rings. The Labute approximate surface area is 133 Å². The largest absolute Gasteiger partial charge is 0.478 e. The summed E-state index contributed by atoms with van der Waals surface area (Å²) in [5, 5.41) is 12.2. The summed E-state index contributed by atoms with van der Waals surface area (Å²) in [6.07, 6.45) is 2.05. The number of aromatic carboxylic acids is 1. The number of ether oxygens (including phenoxy) is 2. The first-order chi connectivity index (χ1) is 10.1. The van der Waals surface area contributed by atoms with Crippen LogP contribution < -0.4 is 5.32 Å². The molecule has 0 aromatic heterocycles. The second-order valence-electron chi connectivity index (χ2n) is 4.60. The molecule has 0 spiro atoms. The summed E-state index contributed by atoms with van der Waals surface area (Å²) in [6, 6.07) is 5.07. The fourth-order valence-corrected chi connectivity index (χ4v) is 2.26. The smallest absolute Gasteiger partial charge is 0.335 e. The van der Waals surface area contributed by atoms with Crippen LogP contribution in [0.15, 0.2) is 22.7 Å². The van der Waals surface area contributed by atoms with Gasteiger partial charge in [-0.05, 0) is 37.1 Å². The zero-order valence-corrected chi connectivity index (χ0v) is 13.8. The molecule has 0 aliphatic heterocycles. The quantitative estimate of drug-likeness (QED) is 0.594. The normalized spacial score (nSPS) is 10.8. The lowest BCUT2D eigenvalue weighted by Crippen LogP contribution is -2.16. The average Bonchev–Trinajstić information content (AvgIpc) is 2.46. The van der Waals surface area contributed by atoms with E-state index in [1.54, 1.807) is 19.2 Å². The molecule has 0 unspecified atom stereocenters. The van der Waals surface area contributed by atoms with Crippen molar-refractivity contribution < 1.29 is 19.4 Å². The maximum Gasteiger partial charge on any atom is 0.335 e. The molecule has 0 amide bonds. The molecule has 2 N–H and O–H groups in total. The predicted octanol–water partition coefficient (Wildman–Crippen LogP) is 2.68. The lowest BCUT2D eigenvalue weighted by molar-refractivity contribution is 0.0688. The Morgan fingerprint density at radius 1 is 1.29 bits per heavy atom. The minimum atomic E-state index is -0.913. The Bertz CT molecular complexity index is 440. The maximum atomic E-state index is 10.8. The molecular formula is C15H22BrNO4. The van der Waals surface area contributed by atoms with Gasteiger partial charge in [0, 0.05) is 24.7 Å². The molecule has 118 valence electrons. The van der Waals surface area contributed by atoms with Gasteiger partial charge in [-0.25, -0.2) is 4.79 Å². The summed E-state index contributed by atoms with van der Waals surface area (Å²) in [5.74, 6) is -0.913. The van der Waals surface area contributed by atoms with E-state index in [0.29, 0.717) is 25.3 Å². The van der Waals surface area contributed by atoms with Gasteiger partial charge in [-0.15, -0.1) is 0 Å². The zero-order valence-electron chi connectivity index (χ0n) is 12.2. The summed E-state index contributed by atoms with van der Waals surface area (Å²) in [6.45, 7) is 3.65. The number of hydrogen-bond donors (Lipinski definition) is 2. The van der Waals surface area contributed by atoms with Gasteiger partial charge >= 0.3 is 5.97 Å². The van der Waals surface area contributed by atoms with Crippen molar-refractivity contribution >= 4 is 21.9 Å². The highest BCUT2D eigenvalue weighted by molar-refractivity contribution is 9.10. The van der Waals surface area contributed by atoms with Crippen LogP contribution in [0.2, 0.25) is 0 Å². The summed E-state index contributed by atoms with van der Waals surface area (Å²) in [7, 11) is 1.66. The van der Waals surface area contributed by atoms with Gasteiger partial charge in [0.15, 0.2) is 0 Å². The molecule has 1 aromatic rings. The zero-order chi connectivity index (χ0) is 15.5. The third kappa shape index (κ3) is 7.57. The highest BCUT2D eigenvalue weighted by Crippen LogP contribution is 2.18. The van der Waals surface area contributed by atoms with Crippen molar-refractivity contribution in [2.45, 2.75) is 19.4 Å². The second kappa shape index (κ2) is 10.7. The monoisotopic (exact) mass is 359 g/mol.